The minimum Gasteiger partial charge on any atom is -0.295 e. The van der Waals surface area contributed by atoms with Crippen LogP contribution in [0.3, 0.4) is 0 Å². The molecule has 0 atom stereocenters. The van der Waals surface area contributed by atoms with Crippen molar-refractivity contribution in [2.45, 2.75) is 33.6 Å². The molecule has 1 aliphatic rings. The summed E-state index contributed by atoms with van der Waals surface area (Å²) >= 11 is 0. The van der Waals surface area contributed by atoms with Gasteiger partial charge in [0.15, 0.2) is 5.78 Å². The number of hydrogen-bond donors (Lipinski definition) is 0. The zero-order valence-corrected chi connectivity index (χ0v) is 6.90. The maximum absolute atomic E-state index is 11.0. The highest BCUT2D eigenvalue weighted by molar-refractivity contribution is 5.91. The third-order valence-electron chi connectivity index (χ3n) is 1.82. The highest BCUT2D eigenvalue weighted by Crippen LogP contribution is 2.32. The Labute approximate surface area is 63.6 Å². The molecule has 0 N–H and O–H groups in total. The quantitative estimate of drug-likeness (QED) is 0.505. The maximum Gasteiger partial charge on any atom is 0.156 e. The van der Waals surface area contributed by atoms with E-state index in [-0.39, 0.29) is 12.6 Å². The van der Waals surface area contributed by atoms with Gasteiger partial charge in [0.2, 0.25) is 0 Å². The first-order chi connectivity index (χ1) is 4.49. The molecule has 0 amide bonds. The first-order valence-electron chi connectivity index (χ1n) is 3.70. The second-order valence-corrected chi connectivity index (χ2v) is 3.97. The average molecular weight is 140 g/mol. The molecule has 0 aromatic rings. The van der Waals surface area contributed by atoms with E-state index in [1.807, 2.05) is 6.92 Å². The Bertz CT molecular complexity index is 192. The lowest BCUT2D eigenvalue weighted by molar-refractivity contribution is -0.117. The molecule has 1 rings (SSSR count). The summed E-state index contributed by atoms with van der Waals surface area (Å²) in [6.45, 7) is 6.31. The highest BCUT2D eigenvalue weighted by Gasteiger charge is 2.25. The molecule has 0 radical (unpaired) electrons. The van der Waals surface area contributed by atoms with E-state index in [0.29, 0.717) is 6.42 Å². The minimum absolute atomic E-state index is 0. The molecule has 0 fully saturated rings. The molecular formula is C9H16O. The van der Waals surface area contributed by atoms with Crippen LogP contribution in [0, 0.1) is 5.41 Å². The Morgan fingerprint density at radius 3 is 2.50 bits per heavy atom. The number of allylic oxidation sites excluding steroid dienone is 2. The van der Waals surface area contributed by atoms with Crippen LogP contribution in [0.4, 0.5) is 0 Å². The second kappa shape index (κ2) is 2.22. The summed E-state index contributed by atoms with van der Waals surface area (Å²) < 4.78 is 0. The Kier molecular flexibility index (Phi) is 1.67. The number of carbonyl (C=O) groups is 1. The molecule has 0 bridgehead atoms. The van der Waals surface area contributed by atoms with Crippen molar-refractivity contribution < 1.29 is 6.22 Å². The van der Waals surface area contributed by atoms with Crippen molar-refractivity contribution in [3.05, 3.63) is 11.6 Å². The van der Waals surface area contributed by atoms with Gasteiger partial charge in [-0.05, 0) is 24.8 Å². The normalized spacial score (nSPS) is 24.3. The highest BCUT2D eigenvalue weighted by atomic mass is 16.1. The first kappa shape index (κ1) is 7.52. The predicted molar refractivity (Wildman–Crippen MR) is 43.9 cm³/mol. The van der Waals surface area contributed by atoms with Gasteiger partial charge in [-0.2, -0.15) is 0 Å². The molecule has 0 aromatic heterocycles. The van der Waals surface area contributed by atoms with Crippen LogP contribution in [0.2, 0.25) is 0 Å². The van der Waals surface area contributed by atoms with Crippen LogP contribution in [0.25, 0.3) is 0 Å². The number of rotatable bonds is 0. The van der Waals surface area contributed by atoms with Crippen LogP contribution < -0.4 is 0 Å². The van der Waals surface area contributed by atoms with Crippen molar-refractivity contribution in [1.82, 2.24) is 0 Å². The van der Waals surface area contributed by atoms with E-state index >= 15 is 0 Å². The van der Waals surface area contributed by atoms with Crippen molar-refractivity contribution in [2.75, 3.05) is 0 Å². The van der Waals surface area contributed by atoms with Gasteiger partial charge >= 0.3 is 0 Å². The first-order valence-corrected chi connectivity index (χ1v) is 3.70. The van der Waals surface area contributed by atoms with Gasteiger partial charge in [0.25, 0.3) is 0 Å². The summed E-state index contributed by atoms with van der Waals surface area (Å²) in [4.78, 5) is 11.0. The fraction of sp³-hybridized carbons (Fsp3) is 0.667. The number of hydrogen-bond acceptors (Lipinski definition) is 1. The van der Waals surface area contributed by atoms with E-state index in [9.17, 15) is 4.79 Å². The van der Waals surface area contributed by atoms with Crippen molar-refractivity contribution in [2.24, 2.45) is 5.41 Å². The topological polar surface area (TPSA) is 17.1 Å². The summed E-state index contributed by atoms with van der Waals surface area (Å²) in [5.41, 5.74) is 1.43. The molecule has 0 aromatic carbocycles. The van der Waals surface area contributed by atoms with Crippen LogP contribution in [-0.4, -0.2) is 5.78 Å². The van der Waals surface area contributed by atoms with Gasteiger partial charge in [-0.15, -0.1) is 0 Å². The molecule has 10 heavy (non-hydrogen) atoms. The molecular weight excluding hydrogens is 124 g/mol. The average Bonchev–Trinajstić information content (AvgIpc) is 1.54. The molecule has 1 nitrogen and oxygen atoms in total. The van der Waals surface area contributed by atoms with E-state index < -0.39 is 0 Å². The molecule has 0 aliphatic heterocycles. The Balaban J connectivity index is 0.000001000. The lowest BCUT2D eigenvalue weighted by Gasteiger charge is -2.27. The van der Waals surface area contributed by atoms with E-state index in [1.54, 1.807) is 6.08 Å². The number of carbonyl (C=O) groups excluding carboxylic acids is 1. The van der Waals surface area contributed by atoms with E-state index in [4.69, 9.17) is 0 Å². The van der Waals surface area contributed by atoms with E-state index in [2.05, 4.69) is 13.8 Å². The molecule has 0 spiro atoms. The zero-order valence-electron chi connectivity index (χ0n) is 6.90. The van der Waals surface area contributed by atoms with Crippen LogP contribution in [0.15, 0.2) is 11.6 Å². The summed E-state index contributed by atoms with van der Waals surface area (Å²) in [5, 5.41) is 0. The van der Waals surface area contributed by atoms with Crippen LogP contribution in [-0.2, 0) is 4.79 Å². The van der Waals surface area contributed by atoms with Gasteiger partial charge < -0.3 is 0 Å². The Morgan fingerprint density at radius 2 is 2.10 bits per heavy atom. The van der Waals surface area contributed by atoms with Crippen molar-refractivity contribution >= 4 is 5.78 Å². The Morgan fingerprint density at radius 1 is 1.50 bits per heavy atom. The van der Waals surface area contributed by atoms with E-state index in [1.165, 1.54) is 5.57 Å². The third kappa shape index (κ3) is 1.69. The molecule has 0 unspecified atom stereocenters. The second-order valence-electron chi connectivity index (χ2n) is 3.97. The fourth-order valence-corrected chi connectivity index (χ4v) is 1.67. The summed E-state index contributed by atoms with van der Waals surface area (Å²) in [6.07, 6.45) is 3.55. The monoisotopic (exact) mass is 140 g/mol. The van der Waals surface area contributed by atoms with Gasteiger partial charge in [0, 0.05) is 7.85 Å². The van der Waals surface area contributed by atoms with Crippen LogP contribution >= 0.6 is 0 Å². The molecule has 58 valence electrons. The maximum atomic E-state index is 11.0. The SMILES string of the molecule is CC1=CC(=O)CC(C)(C)C1.[HH]. The zero-order chi connectivity index (χ0) is 7.78. The molecule has 1 aliphatic carbocycles. The lowest BCUT2D eigenvalue weighted by atomic mass is 9.77. The predicted octanol–water partition coefficient (Wildman–Crippen LogP) is 2.57. The van der Waals surface area contributed by atoms with Crippen molar-refractivity contribution in [1.29, 1.82) is 0 Å². The van der Waals surface area contributed by atoms with Crippen LogP contribution in [0.1, 0.15) is 35.0 Å². The van der Waals surface area contributed by atoms with Gasteiger partial charge in [0.1, 0.15) is 0 Å². The van der Waals surface area contributed by atoms with Crippen molar-refractivity contribution in [3.63, 3.8) is 0 Å². The Hall–Kier alpha value is -0.590. The van der Waals surface area contributed by atoms with Gasteiger partial charge in [-0.1, -0.05) is 19.4 Å². The number of ketones is 1. The smallest absolute Gasteiger partial charge is 0.156 e. The van der Waals surface area contributed by atoms with E-state index in [0.717, 1.165) is 6.42 Å². The summed E-state index contributed by atoms with van der Waals surface area (Å²) in [7, 11) is 0. The lowest BCUT2D eigenvalue weighted by Crippen LogP contribution is -2.20. The largest absolute Gasteiger partial charge is 0.295 e. The molecule has 0 heterocycles. The van der Waals surface area contributed by atoms with Crippen LogP contribution in [0.5, 0.6) is 0 Å². The third-order valence-corrected chi connectivity index (χ3v) is 1.82. The molecule has 1 heteroatoms. The standard InChI is InChI=1S/C9H14O.H2/c1-7-4-8(10)6-9(2,3)5-7;/h4H,5-6H2,1-3H3;1H. The van der Waals surface area contributed by atoms with Gasteiger partial charge in [0.05, 0.1) is 0 Å². The summed E-state index contributed by atoms with van der Waals surface area (Å²) in [6, 6.07) is 0. The molecule has 0 saturated carbocycles. The molecule has 0 saturated heterocycles. The fourth-order valence-electron chi connectivity index (χ4n) is 1.67. The minimum atomic E-state index is 0. The summed E-state index contributed by atoms with van der Waals surface area (Å²) in [5.74, 6) is 0.286. The van der Waals surface area contributed by atoms with Crippen molar-refractivity contribution in [3.8, 4) is 0 Å². The van der Waals surface area contributed by atoms with Gasteiger partial charge in [-0.3, -0.25) is 4.79 Å². The van der Waals surface area contributed by atoms with Gasteiger partial charge in [-0.25, -0.2) is 0 Å².